The number of rotatable bonds is 11. The van der Waals surface area contributed by atoms with Gasteiger partial charge in [0, 0.05) is 12.0 Å². The van der Waals surface area contributed by atoms with Gasteiger partial charge >= 0.3 is 19.2 Å². The second-order valence-electron chi connectivity index (χ2n) is 14.3. The van der Waals surface area contributed by atoms with Crippen LogP contribution < -0.4 is 10.6 Å². The number of nitrogens with zero attached hydrogens (tertiary/aromatic N) is 1. The van der Waals surface area contributed by atoms with Gasteiger partial charge in [-0.05, 0) is 79.7 Å². The van der Waals surface area contributed by atoms with Gasteiger partial charge in [-0.25, -0.2) is 9.59 Å². The van der Waals surface area contributed by atoms with Crippen LogP contribution in [0.4, 0.5) is 4.79 Å². The van der Waals surface area contributed by atoms with Crippen LogP contribution >= 0.6 is 0 Å². The van der Waals surface area contributed by atoms with Crippen molar-refractivity contribution in [3.05, 3.63) is 35.9 Å². The van der Waals surface area contributed by atoms with Gasteiger partial charge in [0.25, 0.3) is 0 Å². The van der Waals surface area contributed by atoms with Gasteiger partial charge in [-0.15, -0.1) is 0 Å². The zero-order valence-electron chi connectivity index (χ0n) is 27.6. The van der Waals surface area contributed by atoms with E-state index in [1.807, 2.05) is 58.0 Å². The van der Waals surface area contributed by atoms with E-state index in [9.17, 15) is 14.4 Å². The fourth-order valence-corrected chi connectivity index (χ4v) is 6.57. The molecule has 0 spiro atoms. The molecule has 0 radical (unpaired) electrons. The van der Waals surface area contributed by atoms with Gasteiger partial charge in [-0.2, -0.15) is 0 Å². The monoisotopic (exact) mass is 615 g/mol. The number of esters is 1. The lowest BCUT2D eigenvalue weighted by molar-refractivity contribution is -0.151. The standard InChI is InChI=1S/C32H50BN3O8/c1-28(2,3)42-27(39)35-24(20-41-19-23-13-10-9-11-14-23)25(37)36-21-31(16-18-34-32(31,22-36)26(38)40-8)15-12-17-33-43-29(4,5)30(6,7)44-33/h9-11,13-14,24,34H,12,15-22H2,1-8H3,(H,35,39)/t24-,31+,32+/m0/s1. The summed E-state index contributed by atoms with van der Waals surface area (Å²) in [5.74, 6) is -0.730. The van der Waals surface area contributed by atoms with E-state index in [1.165, 1.54) is 7.11 Å². The molecule has 1 aromatic rings. The van der Waals surface area contributed by atoms with Crippen LogP contribution in [-0.2, 0) is 39.7 Å². The summed E-state index contributed by atoms with van der Waals surface area (Å²) in [7, 11) is 1.03. The van der Waals surface area contributed by atoms with Crippen molar-refractivity contribution in [1.82, 2.24) is 15.5 Å². The molecule has 2 N–H and O–H groups in total. The molecule has 44 heavy (non-hydrogen) atoms. The SMILES string of the molecule is COC(=O)[C@]12CN(C(=O)[C@H](COCc3ccccc3)NC(=O)OC(C)(C)C)C[C@@]1(CCCB1OC(C)(C)C(C)(C)O1)CCN2. The van der Waals surface area contributed by atoms with Crippen molar-refractivity contribution in [2.75, 3.05) is 33.4 Å². The normalized spacial score (nSPS) is 26.3. The van der Waals surface area contributed by atoms with Crippen molar-refractivity contribution in [3.63, 3.8) is 0 Å². The highest BCUT2D eigenvalue weighted by atomic mass is 16.7. The predicted octanol–water partition coefficient (Wildman–Crippen LogP) is 3.70. The first kappa shape index (κ1) is 34.2. The summed E-state index contributed by atoms with van der Waals surface area (Å²) in [5.41, 5.74) is -2.25. The Kier molecular flexibility index (Phi) is 10.1. The molecule has 0 bridgehead atoms. The number of ether oxygens (including phenoxy) is 3. The fraction of sp³-hybridized carbons (Fsp3) is 0.719. The Balaban J connectivity index is 1.50. The summed E-state index contributed by atoms with van der Waals surface area (Å²) in [6.45, 7) is 14.7. The minimum Gasteiger partial charge on any atom is -0.468 e. The van der Waals surface area contributed by atoms with Crippen LogP contribution in [0.15, 0.2) is 30.3 Å². The first-order valence-corrected chi connectivity index (χ1v) is 15.6. The number of hydrogen-bond acceptors (Lipinski definition) is 9. The van der Waals surface area contributed by atoms with E-state index in [1.54, 1.807) is 25.7 Å². The number of fused-ring (bicyclic) bond motifs is 1. The lowest BCUT2D eigenvalue weighted by Gasteiger charge is -2.36. The molecular weight excluding hydrogens is 565 g/mol. The second-order valence-corrected chi connectivity index (χ2v) is 14.3. The first-order valence-electron chi connectivity index (χ1n) is 15.6. The number of benzene rings is 1. The lowest BCUT2D eigenvalue weighted by atomic mass is 9.67. The third kappa shape index (κ3) is 7.24. The van der Waals surface area contributed by atoms with E-state index in [-0.39, 0.29) is 32.8 Å². The van der Waals surface area contributed by atoms with Crippen LogP contribution in [0, 0.1) is 5.41 Å². The van der Waals surface area contributed by atoms with Gasteiger partial charge < -0.3 is 33.7 Å². The molecule has 11 nitrogen and oxygen atoms in total. The zero-order chi connectivity index (χ0) is 32.4. The first-order chi connectivity index (χ1) is 20.5. The van der Waals surface area contributed by atoms with Crippen molar-refractivity contribution in [2.45, 2.75) is 109 Å². The molecule has 0 unspecified atom stereocenters. The number of alkyl carbamates (subject to hydrolysis) is 1. The molecule has 244 valence electrons. The molecule has 0 aromatic heterocycles. The predicted molar refractivity (Wildman–Crippen MR) is 166 cm³/mol. The van der Waals surface area contributed by atoms with E-state index in [2.05, 4.69) is 10.6 Å². The van der Waals surface area contributed by atoms with Crippen molar-refractivity contribution in [1.29, 1.82) is 0 Å². The van der Waals surface area contributed by atoms with Crippen LogP contribution in [0.3, 0.4) is 0 Å². The number of carbonyl (C=O) groups excluding carboxylic acids is 3. The van der Waals surface area contributed by atoms with Crippen LogP contribution in [0.25, 0.3) is 0 Å². The van der Waals surface area contributed by atoms with Crippen molar-refractivity contribution >= 4 is 25.1 Å². The molecular formula is C32H50BN3O8. The molecule has 3 heterocycles. The Bertz CT molecular complexity index is 1170. The highest BCUT2D eigenvalue weighted by Gasteiger charge is 2.66. The maximum atomic E-state index is 14.1. The molecule has 3 atom stereocenters. The number of amides is 2. The largest absolute Gasteiger partial charge is 0.468 e. The summed E-state index contributed by atoms with van der Waals surface area (Å²) < 4.78 is 29.1. The van der Waals surface area contributed by atoms with Crippen LogP contribution in [0.2, 0.25) is 6.32 Å². The van der Waals surface area contributed by atoms with E-state index in [0.29, 0.717) is 32.3 Å². The second kappa shape index (κ2) is 13.0. The van der Waals surface area contributed by atoms with Gasteiger partial charge in [-0.3, -0.25) is 10.1 Å². The molecule has 3 fully saturated rings. The number of methoxy groups -OCH3 is 1. The summed E-state index contributed by atoms with van der Waals surface area (Å²) >= 11 is 0. The number of nitrogens with one attached hydrogen (secondary N) is 2. The summed E-state index contributed by atoms with van der Waals surface area (Å²) in [6.07, 6.45) is 2.05. The Morgan fingerprint density at radius 1 is 1.07 bits per heavy atom. The number of likely N-dealkylation sites (tertiary alicyclic amines) is 1. The molecule has 0 aliphatic carbocycles. The smallest absolute Gasteiger partial charge is 0.457 e. The van der Waals surface area contributed by atoms with Crippen LogP contribution in [0.1, 0.15) is 73.3 Å². The molecule has 3 aliphatic heterocycles. The molecule has 3 saturated heterocycles. The maximum absolute atomic E-state index is 14.1. The average Bonchev–Trinajstić information content (AvgIpc) is 3.51. The van der Waals surface area contributed by atoms with E-state index < -0.39 is 45.9 Å². The van der Waals surface area contributed by atoms with Gasteiger partial charge in [0.15, 0.2) is 0 Å². The molecule has 4 rings (SSSR count). The molecule has 0 saturated carbocycles. The van der Waals surface area contributed by atoms with Gasteiger partial charge in [0.05, 0.1) is 38.1 Å². The Hall–Kier alpha value is -2.67. The van der Waals surface area contributed by atoms with Crippen molar-refractivity contribution < 1.29 is 37.9 Å². The number of hydrogen-bond donors (Lipinski definition) is 2. The van der Waals surface area contributed by atoms with E-state index >= 15 is 0 Å². The Labute approximate surface area is 262 Å². The maximum Gasteiger partial charge on any atom is 0.457 e. The minimum absolute atomic E-state index is 0.0585. The van der Waals surface area contributed by atoms with Crippen LogP contribution in [-0.4, -0.2) is 91.7 Å². The molecule has 12 heteroatoms. The summed E-state index contributed by atoms with van der Waals surface area (Å²) in [5, 5.41) is 6.13. The van der Waals surface area contributed by atoms with Gasteiger partial charge in [0.1, 0.15) is 17.2 Å². The summed E-state index contributed by atoms with van der Waals surface area (Å²) in [6, 6.07) is 8.59. The topological polar surface area (TPSA) is 125 Å². The van der Waals surface area contributed by atoms with E-state index in [0.717, 1.165) is 12.0 Å². The van der Waals surface area contributed by atoms with Gasteiger partial charge in [-0.1, -0.05) is 36.8 Å². The molecule has 2 amide bonds. The molecule has 3 aliphatic rings. The van der Waals surface area contributed by atoms with Crippen molar-refractivity contribution in [3.8, 4) is 0 Å². The third-order valence-electron chi connectivity index (χ3n) is 9.49. The average molecular weight is 616 g/mol. The van der Waals surface area contributed by atoms with Gasteiger partial charge in [0.2, 0.25) is 5.91 Å². The fourth-order valence-electron chi connectivity index (χ4n) is 6.57. The van der Waals surface area contributed by atoms with E-state index in [4.69, 9.17) is 23.5 Å². The number of carbonyl (C=O) groups is 3. The highest BCUT2D eigenvalue weighted by Crippen LogP contribution is 2.51. The lowest BCUT2D eigenvalue weighted by Crippen LogP contribution is -2.59. The summed E-state index contributed by atoms with van der Waals surface area (Å²) in [4.78, 5) is 42.0. The zero-order valence-corrected chi connectivity index (χ0v) is 27.6. The molecule has 1 aromatic carbocycles. The Morgan fingerprint density at radius 3 is 2.34 bits per heavy atom. The minimum atomic E-state index is -1.06. The quantitative estimate of drug-likeness (QED) is 0.283. The Morgan fingerprint density at radius 2 is 1.73 bits per heavy atom. The van der Waals surface area contributed by atoms with Crippen LogP contribution in [0.5, 0.6) is 0 Å². The highest BCUT2D eigenvalue weighted by molar-refractivity contribution is 6.45. The van der Waals surface area contributed by atoms with Crippen molar-refractivity contribution in [2.24, 2.45) is 5.41 Å². The third-order valence-corrected chi connectivity index (χ3v) is 9.49.